The Morgan fingerprint density at radius 1 is 1.30 bits per heavy atom. The highest BCUT2D eigenvalue weighted by Gasteiger charge is 2.14. The van der Waals surface area contributed by atoms with Crippen LogP contribution in [0.25, 0.3) is 16.8 Å². The Morgan fingerprint density at radius 3 is 2.57 bits per heavy atom. The normalized spacial score (nSPS) is 11.5. The Morgan fingerprint density at radius 2 is 2.00 bits per heavy atom. The van der Waals surface area contributed by atoms with Gasteiger partial charge >= 0.3 is 0 Å². The van der Waals surface area contributed by atoms with Crippen molar-refractivity contribution in [3.8, 4) is 17.3 Å². The van der Waals surface area contributed by atoms with Crippen LogP contribution < -0.4 is 0 Å². The minimum atomic E-state index is 0.218. The van der Waals surface area contributed by atoms with E-state index in [1.165, 1.54) is 5.56 Å². The van der Waals surface area contributed by atoms with E-state index in [2.05, 4.69) is 17.6 Å². The number of hydrogen-bond donors (Lipinski definition) is 0. The molecule has 0 amide bonds. The zero-order valence-electron chi connectivity index (χ0n) is 13.2. The fraction of sp³-hybridized carbons (Fsp3) is 0.100. The smallest absolute Gasteiger partial charge is 0.147 e. The van der Waals surface area contributed by atoms with Crippen LogP contribution in [-0.2, 0) is 0 Å². The van der Waals surface area contributed by atoms with Crippen LogP contribution in [0.5, 0.6) is 0 Å². The Hall–Kier alpha value is -2.63. The van der Waals surface area contributed by atoms with Gasteiger partial charge in [-0.2, -0.15) is 5.26 Å². The molecule has 1 aromatic carbocycles. The first-order chi connectivity index (χ1) is 11.1. The lowest BCUT2D eigenvalue weighted by atomic mass is 9.97. The molecule has 0 saturated carbocycles. The average molecular weight is 321 g/mol. The molecule has 1 heterocycles. The van der Waals surface area contributed by atoms with Crippen molar-refractivity contribution in [1.29, 1.82) is 5.26 Å². The minimum Gasteiger partial charge on any atom is -0.234 e. The number of allylic oxidation sites excluding steroid dienone is 5. The number of rotatable bonds is 4. The van der Waals surface area contributed by atoms with Gasteiger partial charge in [-0.25, -0.2) is 4.98 Å². The van der Waals surface area contributed by atoms with E-state index in [0.29, 0.717) is 5.56 Å². The molecule has 0 fully saturated rings. The van der Waals surface area contributed by atoms with Crippen molar-refractivity contribution in [2.45, 2.75) is 13.8 Å². The van der Waals surface area contributed by atoms with Crippen molar-refractivity contribution in [1.82, 2.24) is 4.98 Å². The predicted molar refractivity (Wildman–Crippen MR) is 97.1 cm³/mol. The molecule has 2 aromatic rings. The highest BCUT2D eigenvalue weighted by Crippen LogP contribution is 2.31. The summed E-state index contributed by atoms with van der Waals surface area (Å²) in [6.45, 7) is 7.68. The fourth-order valence-electron chi connectivity index (χ4n) is 2.23. The molecule has 23 heavy (non-hydrogen) atoms. The summed E-state index contributed by atoms with van der Waals surface area (Å²) in [4.78, 5) is 4.46. The lowest BCUT2D eigenvalue weighted by Gasteiger charge is -2.12. The molecule has 3 heteroatoms. The maximum atomic E-state index is 9.24. The maximum Gasteiger partial charge on any atom is 0.147 e. The van der Waals surface area contributed by atoms with Crippen molar-refractivity contribution in [3.05, 3.63) is 83.1 Å². The third-order valence-corrected chi connectivity index (χ3v) is 3.74. The summed E-state index contributed by atoms with van der Waals surface area (Å²) in [5, 5.41) is 9.46. The van der Waals surface area contributed by atoms with Gasteiger partial charge in [0.15, 0.2) is 0 Å². The molecular weight excluding hydrogens is 304 g/mol. The van der Waals surface area contributed by atoms with Gasteiger partial charge in [-0.05, 0) is 25.5 Å². The molecule has 0 aliphatic carbocycles. The molecule has 0 spiro atoms. The first-order valence-corrected chi connectivity index (χ1v) is 7.62. The van der Waals surface area contributed by atoms with Crippen molar-refractivity contribution in [3.63, 3.8) is 0 Å². The number of pyridine rings is 1. The first-order valence-electron chi connectivity index (χ1n) is 7.24. The van der Waals surface area contributed by atoms with Gasteiger partial charge in [0.2, 0.25) is 0 Å². The largest absolute Gasteiger partial charge is 0.234 e. The third kappa shape index (κ3) is 3.77. The van der Waals surface area contributed by atoms with E-state index < -0.39 is 0 Å². The number of hydrogen-bond acceptors (Lipinski definition) is 2. The second kappa shape index (κ2) is 7.58. The lowest BCUT2D eigenvalue weighted by molar-refractivity contribution is 1.28. The predicted octanol–water partition coefficient (Wildman–Crippen LogP) is 5.73. The quantitative estimate of drug-likeness (QED) is 0.533. The van der Waals surface area contributed by atoms with Gasteiger partial charge in [-0.1, -0.05) is 72.3 Å². The molecule has 114 valence electrons. The number of nitriles is 1. The van der Waals surface area contributed by atoms with Crippen LogP contribution in [0.1, 0.15) is 23.6 Å². The van der Waals surface area contributed by atoms with E-state index in [9.17, 15) is 5.26 Å². The summed E-state index contributed by atoms with van der Waals surface area (Å²) < 4.78 is 0. The van der Waals surface area contributed by atoms with E-state index in [0.717, 1.165) is 22.4 Å². The number of aryl methyl sites for hydroxylation is 1. The van der Waals surface area contributed by atoms with Gasteiger partial charge < -0.3 is 0 Å². The molecule has 0 aliphatic rings. The number of aromatic nitrogens is 1. The summed E-state index contributed by atoms with van der Waals surface area (Å²) in [5.74, 6) is 0. The number of benzene rings is 1. The van der Waals surface area contributed by atoms with E-state index in [4.69, 9.17) is 11.6 Å². The highest BCUT2D eigenvalue weighted by molar-refractivity contribution is 6.30. The number of nitrogens with zero attached hydrogens (tertiary/aromatic N) is 2. The molecule has 0 aliphatic heterocycles. The SMILES string of the molecule is C=C/C=C\C(=C/C)c1cc(C#N)c(Cl)nc1-c1ccc(C)cc1. The summed E-state index contributed by atoms with van der Waals surface area (Å²) in [7, 11) is 0. The van der Waals surface area contributed by atoms with Crippen LogP contribution in [0.15, 0.2) is 61.2 Å². The molecule has 2 nitrogen and oxygen atoms in total. The Bertz CT molecular complexity index is 822. The van der Waals surface area contributed by atoms with Crippen molar-refractivity contribution >= 4 is 17.2 Å². The fourth-order valence-corrected chi connectivity index (χ4v) is 2.42. The Balaban J connectivity index is 2.72. The second-order valence-electron chi connectivity index (χ2n) is 5.04. The molecule has 2 rings (SSSR count). The number of halogens is 1. The topological polar surface area (TPSA) is 36.7 Å². The molecule has 0 N–H and O–H groups in total. The standard InChI is InChI=1S/C20H17ClN2/c1-4-6-7-15(5-2)18-12-17(13-22)20(21)23-19(18)16-10-8-14(3)9-11-16/h4-12H,1H2,2-3H3/b7-6-,15-5+. The van der Waals surface area contributed by atoms with Gasteiger partial charge in [-0.3, -0.25) is 0 Å². The van der Waals surface area contributed by atoms with Crippen molar-refractivity contribution < 1.29 is 0 Å². The summed E-state index contributed by atoms with van der Waals surface area (Å²) in [6, 6.07) is 12.0. The minimum absolute atomic E-state index is 0.218. The van der Waals surface area contributed by atoms with Crippen LogP contribution >= 0.6 is 11.6 Å². The molecule has 0 atom stereocenters. The average Bonchev–Trinajstić information content (AvgIpc) is 2.57. The van der Waals surface area contributed by atoms with Gasteiger partial charge in [-0.15, -0.1) is 0 Å². The lowest BCUT2D eigenvalue weighted by Crippen LogP contribution is -1.96. The van der Waals surface area contributed by atoms with Crippen molar-refractivity contribution in [2.75, 3.05) is 0 Å². The van der Waals surface area contributed by atoms with Gasteiger partial charge in [0, 0.05) is 11.1 Å². The van der Waals surface area contributed by atoms with Crippen molar-refractivity contribution in [2.24, 2.45) is 0 Å². The van der Waals surface area contributed by atoms with Gasteiger partial charge in [0.25, 0.3) is 0 Å². The maximum absolute atomic E-state index is 9.24. The summed E-state index contributed by atoms with van der Waals surface area (Å²) in [5.41, 5.74) is 5.09. The van der Waals surface area contributed by atoms with E-state index >= 15 is 0 Å². The Labute approximate surface area is 142 Å². The van der Waals surface area contributed by atoms with Crippen LogP contribution in [-0.4, -0.2) is 4.98 Å². The molecule has 0 unspecified atom stereocenters. The monoisotopic (exact) mass is 320 g/mol. The van der Waals surface area contributed by atoms with E-state index in [-0.39, 0.29) is 5.15 Å². The van der Waals surface area contributed by atoms with Gasteiger partial charge in [0.05, 0.1) is 11.3 Å². The molecule has 0 saturated heterocycles. The molecule has 0 radical (unpaired) electrons. The van der Waals surface area contributed by atoms with Gasteiger partial charge in [0.1, 0.15) is 11.2 Å². The third-order valence-electron chi connectivity index (χ3n) is 3.46. The second-order valence-corrected chi connectivity index (χ2v) is 5.40. The molecule has 1 aromatic heterocycles. The van der Waals surface area contributed by atoms with Crippen LogP contribution in [0, 0.1) is 18.3 Å². The summed E-state index contributed by atoms with van der Waals surface area (Å²) >= 11 is 6.15. The molecular formula is C20H17ClN2. The zero-order valence-corrected chi connectivity index (χ0v) is 13.9. The zero-order chi connectivity index (χ0) is 16.8. The first kappa shape index (κ1) is 16.7. The molecule has 0 bridgehead atoms. The van der Waals surface area contributed by atoms with Crippen LogP contribution in [0.2, 0.25) is 5.15 Å². The van der Waals surface area contributed by atoms with Crippen LogP contribution in [0.4, 0.5) is 0 Å². The summed E-state index contributed by atoms with van der Waals surface area (Å²) in [6.07, 6.45) is 7.49. The van der Waals surface area contributed by atoms with E-state index in [1.54, 1.807) is 12.1 Å². The Kier molecular flexibility index (Phi) is 5.51. The van der Waals surface area contributed by atoms with Crippen LogP contribution in [0.3, 0.4) is 0 Å². The highest BCUT2D eigenvalue weighted by atomic mass is 35.5. The van der Waals surface area contributed by atoms with E-state index in [1.807, 2.05) is 56.3 Å².